The Hall–Kier alpha value is -1.57. The van der Waals surface area contributed by atoms with Crippen LogP contribution in [0.5, 0.6) is 0 Å². The third-order valence-corrected chi connectivity index (χ3v) is 3.01. The zero-order chi connectivity index (χ0) is 11.5. The van der Waals surface area contributed by atoms with E-state index in [-0.39, 0.29) is 5.78 Å². The Bertz CT molecular complexity index is 496. The number of ketones is 1. The van der Waals surface area contributed by atoms with E-state index in [0.717, 1.165) is 23.0 Å². The minimum absolute atomic E-state index is 0.180. The van der Waals surface area contributed by atoms with Crippen LogP contribution >= 0.6 is 0 Å². The first-order chi connectivity index (χ1) is 7.72. The van der Waals surface area contributed by atoms with Crippen molar-refractivity contribution in [1.82, 2.24) is 0 Å². The van der Waals surface area contributed by atoms with Crippen LogP contribution in [0.25, 0.3) is 11.0 Å². The van der Waals surface area contributed by atoms with Crippen molar-refractivity contribution in [3.63, 3.8) is 0 Å². The zero-order valence-corrected chi connectivity index (χ0v) is 9.69. The van der Waals surface area contributed by atoms with Crippen LogP contribution in [0.1, 0.15) is 37.0 Å². The van der Waals surface area contributed by atoms with E-state index in [1.807, 2.05) is 24.3 Å². The summed E-state index contributed by atoms with van der Waals surface area (Å²) in [6.45, 7) is 4.20. The Labute approximate surface area is 95.3 Å². The van der Waals surface area contributed by atoms with Crippen molar-refractivity contribution in [2.75, 3.05) is 0 Å². The lowest BCUT2D eigenvalue weighted by atomic mass is 9.97. The summed E-state index contributed by atoms with van der Waals surface area (Å²) in [5.41, 5.74) is 1.51. The SMILES string of the molecule is CCC(C)CC(=O)c1coc2ccccc12. The molecule has 0 saturated heterocycles. The number of rotatable bonds is 4. The molecule has 0 fully saturated rings. The average molecular weight is 216 g/mol. The zero-order valence-electron chi connectivity index (χ0n) is 9.69. The Morgan fingerprint density at radius 2 is 2.12 bits per heavy atom. The van der Waals surface area contributed by atoms with Crippen LogP contribution in [0.3, 0.4) is 0 Å². The van der Waals surface area contributed by atoms with Crippen LogP contribution in [-0.2, 0) is 0 Å². The van der Waals surface area contributed by atoms with Crippen LogP contribution in [0.2, 0.25) is 0 Å². The van der Waals surface area contributed by atoms with Crippen molar-refractivity contribution in [3.05, 3.63) is 36.1 Å². The first-order valence-electron chi connectivity index (χ1n) is 5.71. The van der Waals surface area contributed by atoms with Crippen molar-refractivity contribution in [2.45, 2.75) is 26.7 Å². The molecule has 0 saturated carbocycles. The van der Waals surface area contributed by atoms with Gasteiger partial charge in [-0.1, -0.05) is 38.5 Å². The molecule has 1 unspecified atom stereocenters. The number of benzene rings is 1. The van der Waals surface area contributed by atoms with Crippen molar-refractivity contribution < 1.29 is 9.21 Å². The third kappa shape index (κ3) is 2.01. The second-order valence-corrected chi connectivity index (χ2v) is 4.29. The van der Waals surface area contributed by atoms with E-state index in [2.05, 4.69) is 13.8 Å². The maximum atomic E-state index is 12.0. The molecule has 0 aliphatic rings. The maximum Gasteiger partial charge on any atom is 0.166 e. The molecule has 1 aromatic heterocycles. The number of hydrogen-bond acceptors (Lipinski definition) is 2. The number of carbonyl (C=O) groups is 1. The number of carbonyl (C=O) groups excluding carboxylic acids is 1. The van der Waals surface area contributed by atoms with Crippen molar-refractivity contribution >= 4 is 16.8 Å². The third-order valence-electron chi connectivity index (χ3n) is 3.01. The largest absolute Gasteiger partial charge is 0.464 e. The van der Waals surface area contributed by atoms with Gasteiger partial charge in [-0.15, -0.1) is 0 Å². The molecular weight excluding hydrogens is 200 g/mol. The van der Waals surface area contributed by atoms with Crippen LogP contribution < -0.4 is 0 Å². The van der Waals surface area contributed by atoms with Gasteiger partial charge in [-0.05, 0) is 12.0 Å². The molecule has 0 N–H and O–H groups in total. The predicted molar refractivity (Wildman–Crippen MR) is 64.6 cm³/mol. The lowest BCUT2D eigenvalue weighted by molar-refractivity contribution is 0.0964. The van der Waals surface area contributed by atoms with E-state index in [9.17, 15) is 4.79 Å². The summed E-state index contributed by atoms with van der Waals surface area (Å²) in [7, 11) is 0. The fourth-order valence-electron chi connectivity index (χ4n) is 1.76. The topological polar surface area (TPSA) is 30.2 Å². The summed E-state index contributed by atoms with van der Waals surface area (Å²) >= 11 is 0. The van der Waals surface area contributed by atoms with E-state index in [1.165, 1.54) is 0 Å². The standard InChI is InChI=1S/C14H16O2/c1-3-10(2)8-13(15)12-9-16-14-7-5-4-6-11(12)14/h4-7,9-10H,3,8H2,1-2H3. The lowest BCUT2D eigenvalue weighted by Crippen LogP contribution is -2.04. The summed E-state index contributed by atoms with van der Waals surface area (Å²) in [6.07, 6.45) is 3.21. The van der Waals surface area contributed by atoms with E-state index in [4.69, 9.17) is 4.42 Å². The Morgan fingerprint density at radius 3 is 2.88 bits per heavy atom. The van der Waals surface area contributed by atoms with E-state index in [1.54, 1.807) is 6.26 Å². The molecule has 0 aliphatic heterocycles. The van der Waals surface area contributed by atoms with E-state index >= 15 is 0 Å². The van der Waals surface area contributed by atoms with Gasteiger partial charge in [0.1, 0.15) is 11.8 Å². The molecule has 2 heteroatoms. The highest BCUT2D eigenvalue weighted by Crippen LogP contribution is 2.23. The summed E-state index contributed by atoms with van der Waals surface area (Å²) in [4.78, 5) is 12.0. The molecule has 16 heavy (non-hydrogen) atoms. The first-order valence-corrected chi connectivity index (χ1v) is 5.71. The van der Waals surface area contributed by atoms with Crippen molar-refractivity contribution in [1.29, 1.82) is 0 Å². The monoisotopic (exact) mass is 216 g/mol. The van der Waals surface area contributed by atoms with Crippen molar-refractivity contribution in [3.8, 4) is 0 Å². The van der Waals surface area contributed by atoms with Gasteiger partial charge in [0.05, 0.1) is 5.56 Å². The molecule has 0 spiro atoms. The Balaban J connectivity index is 2.30. The number of para-hydroxylation sites is 1. The fourth-order valence-corrected chi connectivity index (χ4v) is 1.76. The highest BCUT2D eigenvalue weighted by molar-refractivity contribution is 6.07. The summed E-state index contributed by atoms with van der Waals surface area (Å²) < 4.78 is 5.36. The number of furan rings is 1. The molecule has 0 aliphatic carbocycles. The fraction of sp³-hybridized carbons (Fsp3) is 0.357. The predicted octanol–water partition coefficient (Wildman–Crippen LogP) is 4.05. The highest BCUT2D eigenvalue weighted by Gasteiger charge is 2.15. The number of fused-ring (bicyclic) bond motifs is 1. The van der Waals surface area contributed by atoms with Gasteiger partial charge in [-0.2, -0.15) is 0 Å². The Kier molecular flexibility index (Phi) is 3.09. The van der Waals surface area contributed by atoms with Gasteiger partial charge in [0.15, 0.2) is 5.78 Å². The molecule has 2 aromatic rings. The molecule has 84 valence electrons. The molecule has 0 bridgehead atoms. The van der Waals surface area contributed by atoms with Gasteiger partial charge >= 0.3 is 0 Å². The smallest absolute Gasteiger partial charge is 0.166 e. The van der Waals surface area contributed by atoms with Crippen molar-refractivity contribution in [2.24, 2.45) is 5.92 Å². The minimum Gasteiger partial charge on any atom is -0.464 e. The van der Waals surface area contributed by atoms with Crippen LogP contribution in [0.4, 0.5) is 0 Å². The van der Waals surface area contributed by atoms with Crippen LogP contribution in [0.15, 0.2) is 34.9 Å². The minimum atomic E-state index is 0.180. The van der Waals surface area contributed by atoms with Gasteiger partial charge in [-0.25, -0.2) is 0 Å². The van der Waals surface area contributed by atoms with Gasteiger partial charge in [0.2, 0.25) is 0 Å². The molecular formula is C14H16O2. The van der Waals surface area contributed by atoms with E-state index < -0.39 is 0 Å². The molecule has 0 radical (unpaired) electrons. The van der Waals surface area contributed by atoms with Gasteiger partial charge in [0.25, 0.3) is 0 Å². The van der Waals surface area contributed by atoms with Gasteiger partial charge in [-0.3, -0.25) is 4.79 Å². The molecule has 1 atom stereocenters. The van der Waals surface area contributed by atoms with Gasteiger partial charge in [0, 0.05) is 11.8 Å². The van der Waals surface area contributed by atoms with Crippen LogP contribution in [0, 0.1) is 5.92 Å². The number of Topliss-reactive ketones (excluding diaryl/α,β-unsaturated/α-hetero) is 1. The maximum absolute atomic E-state index is 12.0. The average Bonchev–Trinajstić information content (AvgIpc) is 2.72. The summed E-state index contributed by atoms with van der Waals surface area (Å²) in [6, 6.07) is 7.66. The molecule has 1 aromatic carbocycles. The molecule has 1 heterocycles. The summed E-state index contributed by atoms with van der Waals surface area (Å²) in [5.74, 6) is 0.612. The second-order valence-electron chi connectivity index (χ2n) is 4.29. The Morgan fingerprint density at radius 1 is 1.38 bits per heavy atom. The second kappa shape index (κ2) is 4.52. The summed E-state index contributed by atoms with van der Waals surface area (Å²) in [5, 5.41) is 0.927. The first kappa shape index (κ1) is 10.9. The normalized spacial score (nSPS) is 12.9. The molecule has 0 amide bonds. The highest BCUT2D eigenvalue weighted by atomic mass is 16.3. The van der Waals surface area contributed by atoms with Gasteiger partial charge < -0.3 is 4.42 Å². The lowest BCUT2D eigenvalue weighted by Gasteiger charge is -2.05. The van der Waals surface area contributed by atoms with Crippen LogP contribution in [-0.4, -0.2) is 5.78 Å². The van der Waals surface area contributed by atoms with E-state index in [0.29, 0.717) is 12.3 Å². The number of hydrogen-bond donors (Lipinski definition) is 0. The molecule has 2 nitrogen and oxygen atoms in total. The quantitative estimate of drug-likeness (QED) is 0.722. The molecule has 2 rings (SSSR count).